The van der Waals surface area contributed by atoms with Gasteiger partial charge < -0.3 is 25.3 Å². The molecule has 3 N–H and O–H groups in total. The van der Waals surface area contributed by atoms with Gasteiger partial charge in [0.2, 0.25) is 11.8 Å². The Morgan fingerprint density at radius 3 is 2.21 bits per heavy atom. The fourth-order valence-corrected chi connectivity index (χ4v) is 2.23. The molecule has 0 saturated heterocycles. The van der Waals surface area contributed by atoms with Gasteiger partial charge in [-0.3, -0.25) is 0 Å². The number of alkyl halides is 3. The zero-order chi connectivity index (χ0) is 21.8. The van der Waals surface area contributed by atoms with E-state index in [2.05, 4.69) is 9.97 Å². The number of ether oxygens (including phenoxy) is 3. The first-order valence-corrected chi connectivity index (χ1v) is 8.39. The summed E-state index contributed by atoms with van der Waals surface area (Å²) in [6.45, 7) is 4.65. The van der Waals surface area contributed by atoms with E-state index in [9.17, 15) is 18.0 Å². The van der Waals surface area contributed by atoms with E-state index in [1.54, 1.807) is 20.8 Å². The molecule has 0 aliphatic heterocycles. The molecule has 11 heteroatoms. The van der Waals surface area contributed by atoms with Gasteiger partial charge in [-0.2, -0.15) is 23.1 Å². The highest BCUT2D eigenvalue weighted by Gasteiger charge is 2.42. The highest BCUT2D eigenvalue weighted by Crippen LogP contribution is 2.35. The summed E-state index contributed by atoms with van der Waals surface area (Å²) in [5, 5.41) is 1.84. The van der Waals surface area contributed by atoms with Gasteiger partial charge in [0.25, 0.3) is 0 Å². The SMILES string of the molecule is COc1ncnc(Oc2ccc(C(NC(=O)OC(C)(C)C)C(F)(F)F)cc2)c1N. The van der Waals surface area contributed by atoms with Gasteiger partial charge in [0, 0.05) is 0 Å². The van der Waals surface area contributed by atoms with E-state index in [4.69, 9.17) is 19.9 Å². The Bertz CT molecular complexity index is 852. The van der Waals surface area contributed by atoms with Crippen LogP contribution in [-0.4, -0.2) is 34.9 Å². The standard InChI is InChI=1S/C18H21F3N4O4/c1-17(2,3)29-16(26)25-13(18(19,20)21)10-5-7-11(8-6-10)28-15-12(22)14(27-4)23-9-24-15/h5-9,13H,22H2,1-4H3,(H,25,26). The molecule has 0 saturated carbocycles. The van der Waals surface area contributed by atoms with Crippen LogP contribution in [0.5, 0.6) is 17.5 Å². The predicted molar refractivity (Wildman–Crippen MR) is 97.7 cm³/mol. The summed E-state index contributed by atoms with van der Waals surface area (Å²) in [6, 6.07) is 2.66. The number of nitrogens with one attached hydrogen (secondary N) is 1. The number of hydrogen-bond acceptors (Lipinski definition) is 7. The number of nitrogen functional groups attached to an aromatic ring is 1. The van der Waals surface area contributed by atoms with Crippen molar-refractivity contribution in [2.75, 3.05) is 12.8 Å². The van der Waals surface area contributed by atoms with E-state index in [1.807, 2.05) is 5.32 Å². The number of anilines is 1. The average molecular weight is 414 g/mol. The number of alkyl carbamates (subject to hydrolysis) is 1. The molecule has 0 bridgehead atoms. The van der Waals surface area contributed by atoms with Crippen molar-refractivity contribution < 1.29 is 32.2 Å². The maximum Gasteiger partial charge on any atom is 0.412 e. The summed E-state index contributed by atoms with van der Waals surface area (Å²) in [6.07, 6.45) is -4.74. The number of amides is 1. The quantitative estimate of drug-likeness (QED) is 0.761. The number of halogens is 3. The topological polar surface area (TPSA) is 109 Å². The smallest absolute Gasteiger partial charge is 0.412 e. The average Bonchev–Trinajstić information content (AvgIpc) is 2.60. The van der Waals surface area contributed by atoms with Crippen molar-refractivity contribution in [1.29, 1.82) is 0 Å². The van der Waals surface area contributed by atoms with Crippen molar-refractivity contribution in [2.24, 2.45) is 0 Å². The van der Waals surface area contributed by atoms with Crippen LogP contribution < -0.4 is 20.5 Å². The molecule has 1 atom stereocenters. The first kappa shape index (κ1) is 22.1. The van der Waals surface area contributed by atoms with E-state index in [1.165, 1.54) is 37.7 Å². The number of carbonyl (C=O) groups excluding carboxylic acids is 1. The Labute approximate surface area is 165 Å². The van der Waals surface area contributed by atoms with Crippen molar-refractivity contribution in [1.82, 2.24) is 15.3 Å². The number of hydrogen-bond donors (Lipinski definition) is 2. The Hall–Kier alpha value is -3.24. The Kier molecular flexibility index (Phi) is 6.40. The lowest BCUT2D eigenvalue weighted by molar-refractivity contribution is -0.156. The minimum absolute atomic E-state index is 0.0103. The van der Waals surface area contributed by atoms with Crippen molar-refractivity contribution in [3.63, 3.8) is 0 Å². The highest BCUT2D eigenvalue weighted by atomic mass is 19.4. The minimum Gasteiger partial charge on any atom is -0.479 e. The van der Waals surface area contributed by atoms with Crippen LogP contribution in [0.4, 0.5) is 23.7 Å². The number of nitrogens with zero attached hydrogens (tertiary/aromatic N) is 2. The molecule has 0 aliphatic rings. The first-order valence-electron chi connectivity index (χ1n) is 8.39. The molecular weight excluding hydrogens is 393 g/mol. The van der Waals surface area contributed by atoms with Gasteiger partial charge in [-0.1, -0.05) is 12.1 Å². The number of carbonyl (C=O) groups is 1. The molecule has 158 valence electrons. The first-order chi connectivity index (χ1) is 13.4. The molecule has 0 spiro atoms. The summed E-state index contributed by atoms with van der Waals surface area (Å²) in [5.41, 5.74) is 4.70. The number of aromatic nitrogens is 2. The van der Waals surface area contributed by atoms with Crippen LogP contribution in [0.3, 0.4) is 0 Å². The third-order valence-electron chi connectivity index (χ3n) is 3.42. The Balaban J connectivity index is 2.20. The van der Waals surface area contributed by atoms with E-state index in [-0.39, 0.29) is 28.8 Å². The maximum absolute atomic E-state index is 13.4. The van der Waals surface area contributed by atoms with Gasteiger partial charge in [0.15, 0.2) is 11.7 Å². The fourth-order valence-electron chi connectivity index (χ4n) is 2.23. The Morgan fingerprint density at radius 1 is 1.10 bits per heavy atom. The Morgan fingerprint density at radius 2 is 1.69 bits per heavy atom. The predicted octanol–water partition coefficient (Wildman–Crippen LogP) is 3.99. The number of benzene rings is 1. The van der Waals surface area contributed by atoms with Crippen molar-refractivity contribution >= 4 is 11.8 Å². The van der Waals surface area contributed by atoms with Crippen LogP contribution in [0, 0.1) is 0 Å². The maximum atomic E-state index is 13.4. The summed E-state index contributed by atoms with van der Waals surface area (Å²) in [7, 11) is 1.37. The molecule has 8 nitrogen and oxygen atoms in total. The molecule has 1 amide bonds. The van der Waals surface area contributed by atoms with Gasteiger partial charge in [0.05, 0.1) is 7.11 Å². The largest absolute Gasteiger partial charge is 0.479 e. The van der Waals surface area contributed by atoms with Crippen LogP contribution in [0.25, 0.3) is 0 Å². The second-order valence-corrected chi connectivity index (χ2v) is 6.89. The number of nitrogens with two attached hydrogens (primary N) is 1. The summed E-state index contributed by atoms with van der Waals surface area (Å²) >= 11 is 0. The van der Waals surface area contributed by atoms with E-state index in [0.29, 0.717) is 0 Å². The van der Waals surface area contributed by atoms with Crippen LogP contribution in [0.15, 0.2) is 30.6 Å². The molecule has 1 aromatic carbocycles. The van der Waals surface area contributed by atoms with Gasteiger partial charge in [0.1, 0.15) is 17.7 Å². The molecule has 1 aromatic heterocycles. The lowest BCUT2D eigenvalue weighted by atomic mass is 10.1. The lowest BCUT2D eigenvalue weighted by Gasteiger charge is -2.25. The lowest BCUT2D eigenvalue weighted by Crippen LogP contribution is -2.41. The van der Waals surface area contributed by atoms with Crippen LogP contribution in [0.2, 0.25) is 0 Å². The molecule has 2 rings (SSSR count). The van der Waals surface area contributed by atoms with Gasteiger partial charge in [-0.25, -0.2) is 4.79 Å². The minimum atomic E-state index is -4.73. The van der Waals surface area contributed by atoms with Crippen LogP contribution >= 0.6 is 0 Å². The van der Waals surface area contributed by atoms with Crippen molar-refractivity contribution in [3.05, 3.63) is 36.2 Å². The third kappa shape index (κ3) is 6.13. The highest BCUT2D eigenvalue weighted by molar-refractivity contribution is 5.68. The fraction of sp³-hybridized carbons (Fsp3) is 0.389. The third-order valence-corrected chi connectivity index (χ3v) is 3.42. The molecule has 0 aliphatic carbocycles. The summed E-state index contributed by atoms with van der Waals surface area (Å²) < 4.78 is 55.6. The van der Waals surface area contributed by atoms with Crippen molar-refractivity contribution in [2.45, 2.75) is 38.6 Å². The molecule has 0 radical (unpaired) electrons. The van der Waals surface area contributed by atoms with Crippen LogP contribution in [0.1, 0.15) is 32.4 Å². The van der Waals surface area contributed by atoms with E-state index in [0.717, 1.165) is 0 Å². The second kappa shape index (κ2) is 8.41. The molecule has 29 heavy (non-hydrogen) atoms. The van der Waals surface area contributed by atoms with Crippen molar-refractivity contribution in [3.8, 4) is 17.5 Å². The zero-order valence-corrected chi connectivity index (χ0v) is 16.2. The normalized spacial score (nSPS) is 12.8. The number of rotatable bonds is 5. The molecule has 0 fully saturated rings. The second-order valence-electron chi connectivity index (χ2n) is 6.89. The molecule has 2 aromatic rings. The molecular formula is C18H21F3N4O4. The van der Waals surface area contributed by atoms with E-state index < -0.39 is 23.9 Å². The van der Waals surface area contributed by atoms with Gasteiger partial charge >= 0.3 is 12.3 Å². The van der Waals surface area contributed by atoms with Gasteiger partial charge in [-0.15, -0.1) is 0 Å². The summed E-state index contributed by atoms with van der Waals surface area (Å²) in [4.78, 5) is 19.5. The molecule has 1 unspecified atom stereocenters. The van der Waals surface area contributed by atoms with Crippen LogP contribution in [-0.2, 0) is 4.74 Å². The number of methoxy groups -OCH3 is 1. The molecule has 1 heterocycles. The van der Waals surface area contributed by atoms with Gasteiger partial charge in [-0.05, 0) is 38.5 Å². The monoisotopic (exact) mass is 414 g/mol. The summed E-state index contributed by atoms with van der Waals surface area (Å²) in [5.74, 6) is 0.272. The van der Waals surface area contributed by atoms with E-state index >= 15 is 0 Å². The zero-order valence-electron chi connectivity index (χ0n) is 16.2.